The van der Waals surface area contributed by atoms with E-state index in [2.05, 4.69) is 15.5 Å². The molecular weight excluding hydrogens is 258 g/mol. The van der Waals surface area contributed by atoms with Crippen LogP contribution in [0.2, 0.25) is 0 Å². The predicted octanol–water partition coefficient (Wildman–Crippen LogP) is 1.94. The molecule has 0 aliphatic heterocycles. The Morgan fingerprint density at radius 1 is 1.35 bits per heavy atom. The quantitative estimate of drug-likeness (QED) is 0.834. The molecule has 0 amide bonds. The average molecular weight is 277 g/mol. The molecule has 0 saturated heterocycles. The molecule has 0 radical (unpaired) electrons. The second kappa shape index (κ2) is 6.91. The molecule has 0 saturated carbocycles. The standard InChI is InChI=1S/C14H19N3O3/c1-4-14-16-13(17-20-14)9-19-12-6-5-11(18-3)7-10(12)8-15-2/h5-7,15H,4,8-9H2,1-3H3. The Bertz CT molecular complexity index is 554. The molecule has 0 aliphatic rings. The first-order valence-corrected chi connectivity index (χ1v) is 6.52. The van der Waals surface area contributed by atoms with E-state index >= 15 is 0 Å². The number of hydrogen-bond acceptors (Lipinski definition) is 6. The van der Waals surface area contributed by atoms with Gasteiger partial charge in [-0.25, -0.2) is 0 Å². The fourth-order valence-corrected chi connectivity index (χ4v) is 1.79. The van der Waals surface area contributed by atoms with Crippen LogP contribution in [0.4, 0.5) is 0 Å². The minimum absolute atomic E-state index is 0.284. The van der Waals surface area contributed by atoms with Gasteiger partial charge in [0.1, 0.15) is 11.5 Å². The maximum atomic E-state index is 5.75. The van der Waals surface area contributed by atoms with Crippen molar-refractivity contribution in [3.05, 3.63) is 35.5 Å². The van der Waals surface area contributed by atoms with Gasteiger partial charge in [0.2, 0.25) is 11.7 Å². The number of benzene rings is 1. The molecule has 1 aromatic heterocycles. The number of ether oxygens (including phenoxy) is 2. The van der Waals surface area contributed by atoms with Gasteiger partial charge in [-0.15, -0.1) is 0 Å². The van der Waals surface area contributed by atoms with Crippen LogP contribution in [0, 0.1) is 0 Å². The molecule has 0 bridgehead atoms. The van der Waals surface area contributed by atoms with Gasteiger partial charge in [-0.3, -0.25) is 0 Å². The summed E-state index contributed by atoms with van der Waals surface area (Å²) in [6.45, 7) is 2.94. The highest BCUT2D eigenvalue weighted by atomic mass is 16.5. The Labute approximate surface area is 118 Å². The molecule has 6 heteroatoms. The van der Waals surface area contributed by atoms with Gasteiger partial charge in [0, 0.05) is 18.5 Å². The summed E-state index contributed by atoms with van der Waals surface area (Å²) in [7, 11) is 3.53. The van der Waals surface area contributed by atoms with Crippen LogP contribution in [0.25, 0.3) is 0 Å². The minimum atomic E-state index is 0.284. The Morgan fingerprint density at radius 3 is 2.85 bits per heavy atom. The lowest BCUT2D eigenvalue weighted by molar-refractivity contribution is 0.281. The second-order valence-corrected chi connectivity index (χ2v) is 4.25. The van der Waals surface area contributed by atoms with E-state index in [1.54, 1.807) is 7.11 Å². The van der Waals surface area contributed by atoms with Gasteiger partial charge in [-0.2, -0.15) is 4.98 Å². The van der Waals surface area contributed by atoms with Crippen molar-refractivity contribution in [3.8, 4) is 11.5 Å². The van der Waals surface area contributed by atoms with Crippen LogP contribution in [-0.4, -0.2) is 24.3 Å². The molecule has 0 spiro atoms. The van der Waals surface area contributed by atoms with Gasteiger partial charge in [-0.1, -0.05) is 12.1 Å². The summed E-state index contributed by atoms with van der Waals surface area (Å²) in [6, 6.07) is 5.69. The molecule has 0 unspecified atom stereocenters. The predicted molar refractivity (Wildman–Crippen MR) is 73.8 cm³/mol. The van der Waals surface area contributed by atoms with E-state index in [4.69, 9.17) is 14.0 Å². The number of rotatable bonds is 7. The maximum Gasteiger partial charge on any atom is 0.226 e. The van der Waals surface area contributed by atoms with E-state index in [0.717, 1.165) is 23.5 Å². The minimum Gasteiger partial charge on any atom is -0.497 e. The number of aromatic nitrogens is 2. The molecular formula is C14H19N3O3. The maximum absolute atomic E-state index is 5.75. The molecule has 0 fully saturated rings. The summed E-state index contributed by atoms with van der Waals surface area (Å²) in [5, 5.41) is 6.96. The average Bonchev–Trinajstić information content (AvgIpc) is 2.94. The van der Waals surface area contributed by atoms with Gasteiger partial charge in [-0.05, 0) is 25.2 Å². The molecule has 0 atom stereocenters. The van der Waals surface area contributed by atoms with Crippen molar-refractivity contribution in [1.29, 1.82) is 0 Å². The molecule has 108 valence electrons. The highest BCUT2D eigenvalue weighted by Gasteiger charge is 2.09. The summed E-state index contributed by atoms with van der Waals surface area (Å²) >= 11 is 0. The van der Waals surface area contributed by atoms with E-state index in [1.165, 1.54) is 0 Å². The van der Waals surface area contributed by atoms with Crippen molar-refractivity contribution in [2.24, 2.45) is 0 Å². The largest absolute Gasteiger partial charge is 0.497 e. The lowest BCUT2D eigenvalue weighted by Crippen LogP contribution is -2.08. The van der Waals surface area contributed by atoms with E-state index in [1.807, 2.05) is 32.2 Å². The number of nitrogens with one attached hydrogen (secondary N) is 1. The molecule has 2 aromatic rings. The van der Waals surface area contributed by atoms with Crippen molar-refractivity contribution >= 4 is 0 Å². The molecule has 1 N–H and O–H groups in total. The first-order valence-electron chi connectivity index (χ1n) is 6.52. The molecule has 1 aromatic carbocycles. The first kappa shape index (κ1) is 14.3. The zero-order chi connectivity index (χ0) is 14.4. The van der Waals surface area contributed by atoms with Gasteiger partial charge >= 0.3 is 0 Å². The van der Waals surface area contributed by atoms with E-state index < -0.39 is 0 Å². The lowest BCUT2D eigenvalue weighted by Gasteiger charge is -2.11. The van der Waals surface area contributed by atoms with Crippen molar-refractivity contribution in [2.45, 2.75) is 26.5 Å². The number of nitrogens with zero attached hydrogens (tertiary/aromatic N) is 2. The smallest absolute Gasteiger partial charge is 0.226 e. The Balaban J connectivity index is 2.07. The number of methoxy groups -OCH3 is 1. The monoisotopic (exact) mass is 277 g/mol. The van der Waals surface area contributed by atoms with Crippen LogP contribution in [0.5, 0.6) is 11.5 Å². The fourth-order valence-electron chi connectivity index (χ4n) is 1.79. The van der Waals surface area contributed by atoms with Gasteiger partial charge in [0.05, 0.1) is 7.11 Å². The fraction of sp³-hybridized carbons (Fsp3) is 0.429. The summed E-state index contributed by atoms with van der Waals surface area (Å²) in [4.78, 5) is 4.21. The highest BCUT2D eigenvalue weighted by molar-refractivity contribution is 5.40. The van der Waals surface area contributed by atoms with Gasteiger partial charge in [0.15, 0.2) is 6.61 Å². The molecule has 20 heavy (non-hydrogen) atoms. The molecule has 2 rings (SSSR count). The van der Waals surface area contributed by atoms with Crippen molar-refractivity contribution in [3.63, 3.8) is 0 Å². The lowest BCUT2D eigenvalue weighted by atomic mass is 10.2. The van der Waals surface area contributed by atoms with Crippen LogP contribution in [0.15, 0.2) is 22.7 Å². The van der Waals surface area contributed by atoms with Crippen LogP contribution in [-0.2, 0) is 19.6 Å². The van der Waals surface area contributed by atoms with E-state index in [9.17, 15) is 0 Å². The topological polar surface area (TPSA) is 69.4 Å². The molecule has 0 aliphatic carbocycles. The van der Waals surface area contributed by atoms with Crippen molar-refractivity contribution < 1.29 is 14.0 Å². The van der Waals surface area contributed by atoms with Crippen molar-refractivity contribution in [2.75, 3.05) is 14.2 Å². The normalized spacial score (nSPS) is 10.6. The van der Waals surface area contributed by atoms with Crippen LogP contribution in [0.1, 0.15) is 24.2 Å². The van der Waals surface area contributed by atoms with E-state index in [-0.39, 0.29) is 6.61 Å². The van der Waals surface area contributed by atoms with Crippen LogP contribution >= 0.6 is 0 Å². The Morgan fingerprint density at radius 2 is 2.20 bits per heavy atom. The highest BCUT2D eigenvalue weighted by Crippen LogP contribution is 2.24. The van der Waals surface area contributed by atoms with Crippen LogP contribution in [0.3, 0.4) is 0 Å². The SMILES string of the molecule is CCc1nc(COc2ccc(OC)cc2CNC)no1. The van der Waals surface area contributed by atoms with E-state index in [0.29, 0.717) is 18.3 Å². The second-order valence-electron chi connectivity index (χ2n) is 4.25. The third-order valence-corrected chi connectivity index (χ3v) is 2.80. The zero-order valence-corrected chi connectivity index (χ0v) is 12.0. The van der Waals surface area contributed by atoms with Crippen LogP contribution < -0.4 is 14.8 Å². The van der Waals surface area contributed by atoms with Gasteiger partial charge in [0.25, 0.3) is 0 Å². The van der Waals surface area contributed by atoms with Crippen molar-refractivity contribution in [1.82, 2.24) is 15.5 Å². The number of aryl methyl sites for hydroxylation is 1. The molecule has 6 nitrogen and oxygen atoms in total. The Hall–Kier alpha value is -2.08. The first-order chi connectivity index (χ1) is 9.76. The summed E-state index contributed by atoms with van der Waals surface area (Å²) < 4.78 is 16.0. The Kier molecular flexibility index (Phi) is 4.95. The summed E-state index contributed by atoms with van der Waals surface area (Å²) in [5.74, 6) is 2.75. The number of hydrogen-bond donors (Lipinski definition) is 1. The summed E-state index contributed by atoms with van der Waals surface area (Å²) in [5.41, 5.74) is 1.02. The zero-order valence-electron chi connectivity index (χ0n) is 12.0. The third-order valence-electron chi connectivity index (χ3n) is 2.80. The molecule has 1 heterocycles. The summed E-state index contributed by atoms with van der Waals surface area (Å²) in [6.07, 6.45) is 0.723. The third kappa shape index (κ3) is 3.48. The van der Waals surface area contributed by atoms with Gasteiger partial charge < -0.3 is 19.3 Å².